The lowest BCUT2D eigenvalue weighted by Crippen LogP contribution is -2.07. The van der Waals surface area contributed by atoms with Crippen LogP contribution in [0.25, 0.3) is 5.69 Å². The van der Waals surface area contributed by atoms with E-state index in [1.165, 1.54) is 23.4 Å². The Balaban J connectivity index is 1.63. The van der Waals surface area contributed by atoms with E-state index in [1.54, 1.807) is 18.1 Å². The minimum Gasteiger partial charge on any atom is -0.384 e. The first-order valence-electron chi connectivity index (χ1n) is 7.29. The Hall–Kier alpha value is -2.32. The van der Waals surface area contributed by atoms with Crippen LogP contribution in [0.3, 0.4) is 0 Å². The summed E-state index contributed by atoms with van der Waals surface area (Å²) in [5.74, 6) is 0.813. The van der Waals surface area contributed by atoms with Crippen molar-refractivity contribution in [2.24, 2.45) is 0 Å². The molecule has 0 saturated carbocycles. The van der Waals surface area contributed by atoms with Crippen LogP contribution in [0, 0.1) is 0 Å². The average Bonchev–Trinajstić information content (AvgIpc) is 3.25. The maximum absolute atomic E-state index is 5.04. The predicted octanol–water partition coefficient (Wildman–Crippen LogP) is 2.48. The summed E-state index contributed by atoms with van der Waals surface area (Å²) in [6, 6.07) is 8.32. The minimum absolute atomic E-state index is 0.142. The first-order valence-corrected chi connectivity index (χ1v) is 8.06. The molecular formula is C15H18N6OS. The Morgan fingerprint density at radius 3 is 2.83 bits per heavy atom. The van der Waals surface area contributed by atoms with Gasteiger partial charge in [-0.2, -0.15) is 9.47 Å². The lowest BCUT2D eigenvalue weighted by molar-refractivity contribution is 0.201. The summed E-state index contributed by atoms with van der Waals surface area (Å²) in [6.07, 6.45) is 3.93. The summed E-state index contributed by atoms with van der Waals surface area (Å²) in [7, 11) is 1.68. The Bertz CT molecular complexity index is 725. The van der Waals surface area contributed by atoms with Crippen molar-refractivity contribution < 1.29 is 4.74 Å². The summed E-state index contributed by atoms with van der Waals surface area (Å²) in [4.78, 5) is 8.42. The fourth-order valence-electron chi connectivity index (χ4n) is 2.13. The van der Waals surface area contributed by atoms with Crippen molar-refractivity contribution >= 4 is 16.7 Å². The van der Waals surface area contributed by atoms with E-state index < -0.39 is 0 Å². The number of hydrogen-bond acceptors (Lipinski definition) is 7. The molecule has 1 aromatic carbocycles. The molecule has 23 heavy (non-hydrogen) atoms. The normalized spacial score (nSPS) is 12.3. The van der Waals surface area contributed by atoms with Crippen LogP contribution in [0.1, 0.15) is 24.4 Å². The zero-order chi connectivity index (χ0) is 16.1. The van der Waals surface area contributed by atoms with E-state index in [2.05, 4.69) is 43.8 Å². The third-order valence-corrected chi connectivity index (χ3v) is 4.10. The number of anilines is 1. The highest BCUT2D eigenvalue weighted by molar-refractivity contribution is 7.09. The second-order valence-corrected chi connectivity index (χ2v) is 5.81. The number of methoxy groups -OCH3 is 1. The molecule has 120 valence electrons. The zero-order valence-electron chi connectivity index (χ0n) is 13.0. The first-order chi connectivity index (χ1) is 11.3. The van der Waals surface area contributed by atoms with Crippen molar-refractivity contribution in [3.05, 3.63) is 48.3 Å². The van der Waals surface area contributed by atoms with Crippen molar-refractivity contribution in [3.8, 4) is 5.69 Å². The number of benzene rings is 1. The standard InChI is InChI=1S/C15H18N6OS/c1-11(18-15-19-14(20-23-15)7-8-22-2)12-3-5-13(6-4-12)21-10-16-9-17-21/h3-6,9-11H,7-8H2,1-2H3,(H,18,19,20). The van der Waals surface area contributed by atoms with Crippen LogP contribution in [0.2, 0.25) is 0 Å². The quantitative estimate of drug-likeness (QED) is 0.717. The fraction of sp³-hybridized carbons (Fsp3) is 0.333. The average molecular weight is 330 g/mol. The molecule has 2 aromatic heterocycles. The smallest absolute Gasteiger partial charge is 0.203 e. The van der Waals surface area contributed by atoms with Crippen molar-refractivity contribution in [1.29, 1.82) is 0 Å². The van der Waals surface area contributed by atoms with Gasteiger partial charge < -0.3 is 10.1 Å². The monoisotopic (exact) mass is 330 g/mol. The molecule has 0 fully saturated rings. The van der Waals surface area contributed by atoms with E-state index in [9.17, 15) is 0 Å². The van der Waals surface area contributed by atoms with Gasteiger partial charge in [0.15, 0.2) is 0 Å². The number of hydrogen-bond donors (Lipinski definition) is 1. The van der Waals surface area contributed by atoms with Gasteiger partial charge in [0, 0.05) is 25.1 Å². The molecular weight excluding hydrogens is 312 g/mol. The maximum Gasteiger partial charge on any atom is 0.203 e. The van der Waals surface area contributed by atoms with Gasteiger partial charge in [-0.15, -0.1) is 0 Å². The van der Waals surface area contributed by atoms with E-state index in [0.29, 0.717) is 6.61 Å². The summed E-state index contributed by atoms with van der Waals surface area (Å²) in [5.41, 5.74) is 2.15. The van der Waals surface area contributed by atoms with Crippen LogP contribution in [0.5, 0.6) is 0 Å². The van der Waals surface area contributed by atoms with Crippen molar-refractivity contribution in [2.45, 2.75) is 19.4 Å². The topological polar surface area (TPSA) is 77.8 Å². The molecule has 0 bridgehead atoms. The lowest BCUT2D eigenvalue weighted by Gasteiger charge is -2.13. The van der Waals surface area contributed by atoms with E-state index in [-0.39, 0.29) is 6.04 Å². The highest BCUT2D eigenvalue weighted by Gasteiger charge is 2.10. The summed E-state index contributed by atoms with van der Waals surface area (Å²) in [5, 5.41) is 8.32. The van der Waals surface area contributed by atoms with Gasteiger partial charge in [0.2, 0.25) is 5.13 Å². The number of rotatable bonds is 7. The molecule has 0 aliphatic heterocycles. The molecule has 0 aliphatic carbocycles. The maximum atomic E-state index is 5.04. The molecule has 0 aliphatic rings. The zero-order valence-corrected chi connectivity index (χ0v) is 13.8. The van der Waals surface area contributed by atoms with E-state index >= 15 is 0 Å². The van der Waals surface area contributed by atoms with Gasteiger partial charge in [-0.1, -0.05) is 12.1 Å². The van der Waals surface area contributed by atoms with Crippen LogP contribution in [0.15, 0.2) is 36.9 Å². The van der Waals surface area contributed by atoms with Gasteiger partial charge in [-0.05, 0) is 24.6 Å². The highest BCUT2D eigenvalue weighted by atomic mass is 32.1. The third kappa shape index (κ3) is 3.91. The number of nitrogens with zero attached hydrogens (tertiary/aromatic N) is 5. The van der Waals surface area contributed by atoms with E-state index in [4.69, 9.17) is 4.74 Å². The Morgan fingerprint density at radius 2 is 2.13 bits per heavy atom. The minimum atomic E-state index is 0.142. The predicted molar refractivity (Wildman–Crippen MR) is 88.9 cm³/mol. The van der Waals surface area contributed by atoms with E-state index in [1.807, 2.05) is 12.1 Å². The van der Waals surface area contributed by atoms with Gasteiger partial charge in [0.1, 0.15) is 18.5 Å². The summed E-state index contributed by atoms with van der Waals surface area (Å²) in [6.45, 7) is 2.73. The van der Waals surface area contributed by atoms with Gasteiger partial charge in [0.05, 0.1) is 18.3 Å². The van der Waals surface area contributed by atoms with E-state index in [0.717, 1.165) is 23.1 Å². The molecule has 1 unspecified atom stereocenters. The molecule has 3 rings (SSSR count). The molecule has 0 spiro atoms. The van der Waals surface area contributed by atoms with Gasteiger partial charge in [-0.25, -0.2) is 14.6 Å². The van der Waals surface area contributed by atoms with Gasteiger partial charge in [0.25, 0.3) is 0 Å². The molecule has 0 radical (unpaired) electrons. The van der Waals surface area contributed by atoms with Crippen LogP contribution in [-0.4, -0.2) is 37.8 Å². The largest absolute Gasteiger partial charge is 0.384 e. The lowest BCUT2D eigenvalue weighted by atomic mass is 10.1. The molecule has 3 aromatic rings. The number of nitrogens with one attached hydrogen (secondary N) is 1. The third-order valence-electron chi connectivity index (χ3n) is 3.41. The summed E-state index contributed by atoms with van der Waals surface area (Å²) < 4.78 is 11.1. The number of ether oxygens (including phenoxy) is 1. The van der Waals surface area contributed by atoms with Crippen LogP contribution < -0.4 is 5.32 Å². The van der Waals surface area contributed by atoms with Crippen molar-refractivity contribution in [2.75, 3.05) is 19.0 Å². The molecule has 0 amide bonds. The summed E-state index contributed by atoms with van der Waals surface area (Å²) >= 11 is 1.37. The highest BCUT2D eigenvalue weighted by Crippen LogP contribution is 2.21. The molecule has 2 heterocycles. The van der Waals surface area contributed by atoms with Crippen molar-refractivity contribution in [1.82, 2.24) is 24.1 Å². The van der Waals surface area contributed by atoms with Crippen LogP contribution in [0.4, 0.5) is 5.13 Å². The molecule has 8 heteroatoms. The second-order valence-electron chi connectivity index (χ2n) is 5.06. The molecule has 0 saturated heterocycles. The number of aromatic nitrogens is 5. The Morgan fingerprint density at radius 1 is 1.30 bits per heavy atom. The molecule has 1 N–H and O–H groups in total. The van der Waals surface area contributed by atoms with Crippen LogP contribution in [-0.2, 0) is 11.2 Å². The second kappa shape index (κ2) is 7.30. The Kier molecular flexibility index (Phi) is 4.94. The van der Waals surface area contributed by atoms with Gasteiger partial charge in [-0.3, -0.25) is 0 Å². The first kappa shape index (κ1) is 15.6. The van der Waals surface area contributed by atoms with Crippen LogP contribution >= 0.6 is 11.5 Å². The molecule has 7 nitrogen and oxygen atoms in total. The Labute approximate surface area is 138 Å². The fourth-order valence-corrected chi connectivity index (χ4v) is 2.83. The van der Waals surface area contributed by atoms with Crippen molar-refractivity contribution in [3.63, 3.8) is 0 Å². The molecule has 1 atom stereocenters. The SMILES string of the molecule is COCCc1nsc(NC(C)c2ccc(-n3cncn3)cc2)n1. The van der Waals surface area contributed by atoms with Gasteiger partial charge >= 0.3 is 0 Å².